The second kappa shape index (κ2) is 6.27. The highest BCUT2D eigenvalue weighted by atomic mass is 32.2. The van der Waals surface area contributed by atoms with Crippen molar-refractivity contribution in [2.24, 2.45) is 0 Å². The van der Waals surface area contributed by atoms with Crippen LogP contribution in [0.15, 0.2) is 0 Å². The maximum absolute atomic E-state index is 5.61. The summed E-state index contributed by atoms with van der Waals surface area (Å²) in [5.74, 6) is 0. The zero-order chi connectivity index (χ0) is 11.4. The molecule has 1 saturated heterocycles. The van der Waals surface area contributed by atoms with E-state index in [4.69, 9.17) is 4.74 Å². The normalized spacial score (nSPS) is 40.9. The van der Waals surface area contributed by atoms with Crippen LogP contribution in [-0.2, 0) is 4.74 Å². The molecule has 94 valence electrons. The zero-order valence-corrected chi connectivity index (χ0v) is 11.4. The molecule has 3 heteroatoms. The molecule has 4 unspecified atom stereocenters. The van der Waals surface area contributed by atoms with Crippen LogP contribution in [0.4, 0.5) is 0 Å². The van der Waals surface area contributed by atoms with Crippen molar-refractivity contribution in [1.82, 2.24) is 5.32 Å². The molecule has 16 heavy (non-hydrogen) atoms. The Balaban J connectivity index is 1.82. The van der Waals surface area contributed by atoms with Crippen LogP contribution in [-0.4, -0.2) is 36.3 Å². The van der Waals surface area contributed by atoms with Crippen molar-refractivity contribution in [3.63, 3.8) is 0 Å². The first-order chi connectivity index (χ1) is 7.79. The molecule has 2 aliphatic rings. The van der Waals surface area contributed by atoms with E-state index in [-0.39, 0.29) is 0 Å². The van der Waals surface area contributed by atoms with Crippen LogP contribution < -0.4 is 5.32 Å². The molecule has 0 aromatic rings. The van der Waals surface area contributed by atoms with Crippen molar-refractivity contribution in [2.75, 3.05) is 12.9 Å². The van der Waals surface area contributed by atoms with Crippen molar-refractivity contribution >= 4 is 11.8 Å². The molecule has 2 nitrogen and oxygen atoms in total. The Hall–Kier alpha value is 0.270. The Bertz CT molecular complexity index is 212. The monoisotopic (exact) mass is 243 g/mol. The van der Waals surface area contributed by atoms with Crippen LogP contribution in [0.1, 0.15) is 45.4 Å². The lowest BCUT2D eigenvalue weighted by Gasteiger charge is -2.37. The van der Waals surface area contributed by atoms with Gasteiger partial charge in [0.25, 0.3) is 0 Å². The Labute approximate surface area is 104 Å². The number of hydrogen-bond acceptors (Lipinski definition) is 3. The number of ether oxygens (including phenoxy) is 1. The number of hydrogen-bond donors (Lipinski definition) is 1. The SMILES string of the molecule is CSC1CCCCC1NC1CCOC(C)C1. The number of nitrogens with one attached hydrogen (secondary N) is 1. The summed E-state index contributed by atoms with van der Waals surface area (Å²) >= 11 is 2.05. The van der Waals surface area contributed by atoms with Gasteiger partial charge in [-0.3, -0.25) is 0 Å². The summed E-state index contributed by atoms with van der Waals surface area (Å²) in [4.78, 5) is 0. The fraction of sp³-hybridized carbons (Fsp3) is 1.00. The predicted molar refractivity (Wildman–Crippen MR) is 71.1 cm³/mol. The Morgan fingerprint density at radius 3 is 2.75 bits per heavy atom. The topological polar surface area (TPSA) is 21.3 Å². The molecule has 0 aromatic heterocycles. The highest BCUT2D eigenvalue weighted by molar-refractivity contribution is 7.99. The van der Waals surface area contributed by atoms with Gasteiger partial charge in [-0.15, -0.1) is 0 Å². The molecule has 4 atom stereocenters. The molecule has 1 saturated carbocycles. The molecular weight excluding hydrogens is 218 g/mol. The van der Waals surface area contributed by atoms with E-state index in [1.807, 2.05) is 11.8 Å². The van der Waals surface area contributed by atoms with Crippen LogP contribution in [0.3, 0.4) is 0 Å². The van der Waals surface area contributed by atoms with Crippen molar-refractivity contribution in [3.8, 4) is 0 Å². The highest BCUT2D eigenvalue weighted by Crippen LogP contribution is 2.28. The second-order valence-electron chi connectivity index (χ2n) is 5.23. The van der Waals surface area contributed by atoms with E-state index in [2.05, 4.69) is 18.5 Å². The first-order valence-corrected chi connectivity index (χ1v) is 7.99. The highest BCUT2D eigenvalue weighted by Gasteiger charge is 2.28. The van der Waals surface area contributed by atoms with E-state index in [0.29, 0.717) is 12.1 Å². The molecule has 0 spiro atoms. The van der Waals surface area contributed by atoms with Gasteiger partial charge in [0.1, 0.15) is 0 Å². The van der Waals surface area contributed by atoms with E-state index < -0.39 is 0 Å². The van der Waals surface area contributed by atoms with Gasteiger partial charge in [0.2, 0.25) is 0 Å². The predicted octanol–water partition coefficient (Wildman–Crippen LogP) is 2.82. The Morgan fingerprint density at radius 1 is 1.19 bits per heavy atom. The fourth-order valence-corrected chi connectivity index (χ4v) is 3.97. The summed E-state index contributed by atoms with van der Waals surface area (Å²) in [7, 11) is 0. The average molecular weight is 243 g/mol. The number of rotatable bonds is 3. The van der Waals surface area contributed by atoms with Crippen LogP contribution in [0.25, 0.3) is 0 Å². The minimum atomic E-state index is 0.447. The summed E-state index contributed by atoms with van der Waals surface area (Å²) in [5, 5.41) is 4.73. The smallest absolute Gasteiger partial charge is 0.0561 e. The Kier molecular flexibility index (Phi) is 4.98. The summed E-state index contributed by atoms with van der Waals surface area (Å²) in [6.45, 7) is 3.14. The largest absolute Gasteiger partial charge is 0.378 e. The van der Waals surface area contributed by atoms with Gasteiger partial charge in [-0.1, -0.05) is 12.8 Å². The minimum Gasteiger partial charge on any atom is -0.378 e. The van der Waals surface area contributed by atoms with Crippen molar-refractivity contribution < 1.29 is 4.74 Å². The molecule has 1 heterocycles. The molecule has 2 rings (SSSR count). The minimum absolute atomic E-state index is 0.447. The lowest BCUT2D eigenvalue weighted by Crippen LogP contribution is -2.48. The molecule has 0 amide bonds. The molecule has 1 N–H and O–H groups in total. The Morgan fingerprint density at radius 2 is 2.00 bits per heavy atom. The maximum Gasteiger partial charge on any atom is 0.0561 e. The van der Waals surface area contributed by atoms with E-state index in [1.54, 1.807) is 0 Å². The van der Waals surface area contributed by atoms with Gasteiger partial charge in [-0.2, -0.15) is 11.8 Å². The molecule has 2 fully saturated rings. The molecule has 0 radical (unpaired) electrons. The van der Waals surface area contributed by atoms with Gasteiger partial charge in [-0.25, -0.2) is 0 Å². The first kappa shape index (κ1) is 12.7. The quantitative estimate of drug-likeness (QED) is 0.823. The third kappa shape index (κ3) is 3.38. The zero-order valence-electron chi connectivity index (χ0n) is 10.6. The summed E-state index contributed by atoms with van der Waals surface area (Å²) in [5.41, 5.74) is 0. The molecule has 0 bridgehead atoms. The summed E-state index contributed by atoms with van der Waals surface area (Å²) in [6.07, 6.45) is 10.7. The molecule has 1 aliphatic heterocycles. The van der Waals surface area contributed by atoms with Crippen LogP contribution in [0, 0.1) is 0 Å². The van der Waals surface area contributed by atoms with E-state index in [9.17, 15) is 0 Å². The first-order valence-electron chi connectivity index (χ1n) is 6.70. The van der Waals surface area contributed by atoms with E-state index in [1.165, 1.54) is 38.5 Å². The standard InChI is InChI=1S/C13H25NOS/c1-10-9-11(7-8-15-10)14-12-5-3-4-6-13(12)16-2/h10-14H,3-9H2,1-2H3. The van der Waals surface area contributed by atoms with E-state index in [0.717, 1.165) is 17.9 Å². The van der Waals surface area contributed by atoms with Crippen molar-refractivity contribution in [2.45, 2.75) is 68.9 Å². The van der Waals surface area contributed by atoms with Gasteiger partial charge < -0.3 is 10.1 Å². The number of thioether (sulfide) groups is 1. The second-order valence-corrected chi connectivity index (χ2v) is 6.31. The summed E-state index contributed by atoms with van der Waals surface area (Å²) < 4.78 is 5.61. The third-order valence-electron chi connectivity index (χ3n) is 3.94. The molecule has 0 aromatic carbocycles. The maximum atomic E-state index is 5.61. The average Bonchev–Trinajstić information content (AvgIpc) is 2.30. The van der Waals surface area contributed by atoms with Gasteiger partial charge >= 0.3 is 0 Å². The van der Waals surface area contributed by atoms with Crippen molar-refractivity contribution in [1.29, 1.82) is 0 Å². The van der Waals surface area contributed by atoms with Crippen LogP contribution >= 0.6 is 11.8 Å². The third-order valence-corrected chi connectivity index (χ3v) is 5.11. The molecule has 1 aliphatic carbocycles. The van der Waals surface area contributed by atoms with Gasteiger partial charge in [0, 0.05) is 23.9 Å². The van der Waals surface area contributed by atoms with Crippen LogP contribution in [0.2, 0.25) is 0 Å². The summed E-state index contributed by atoms with van der Waals surface area (Å²) in [6, 6.07) is 1.44. The lowest BCUT2D eigenvalue weighted by atomic mass is 9.93. The fourth-order valence-electron chi connectivity index (χ4n) is 3.02. The lowest BCUT2D eigenvalue weighted by molar-refractivity contribution is 0.0105. The van der Waals surface area contributed by atoms with Gasteiger partial charge in [0.15, 0.2) is 0 Å². The van der Waals surface area contributed by atoms with E-state index >= 15 is 0 Å². The van der Waals surface area contributed by atoms with Gasteiger partial charge in [-0.05, 0) is 38.9 Å². The van der Waals surface area contributed by atoms with Crippen LogP contribution in [0.5, 0.6) is 0 Å². The van der Waals surface area contributed by atoms with Crippen molar-refractivity contribution in [3.05, 3.63) is 0 Å². The molecular formula is C13H25NOS. The van der Waals surface area contributed by atoms with Gasteiger partial charge in [0.05, 0.1) is 6.10 Å².